The van der Waals surface area contributed by atoms with Crippen molar-refractivity contribution in [1.82, 2.24) is 4.90 Å². The maximum absolute atomic E-state index is 11.9. The predicted molar refractivity (Wildman–Crippen MR) is 78.9 cm³/mol. The van der Waals surface area contributed by atoms with Crippen molar-refractivity contribution in [2.45, 2.75) is 19.9 Å². The molecule has 5 nitrogen and oxygen atoms in total. The normalized spacial score (nSPS) is 12.1. The van der Waals surface area contributed by atoms with Gasteiger partial charge in [-0.1, -0.05) is 13.8 Å². The Hall–Kier alpha value is -1.75. The molecule has 0 saturated carbocycles. The van der Waals surface area contributed by atoms with Crippen LogP contribution >= 0.6 is 0 Å². The molecule has 0 unspecified atom stereocenters. The summed E-state index contributed by atoms with van der Waals surface area (Å²) < 4.78 is 10.6. The van der Waals surface area contributed by atoms with Crippen molar-refractivity contribution in [1.29, 1.82) is 0 Å². The molecular formula is C15H24N2O3. The van der Waals surface area contributed by atoms with E-state index in [1.54, 1.807) is 19.1 Å². The lowest BCUT2D eigenvalue weighted by Gasteiger charge is -2.23. The van der Waals surface area contributed by atoms with Crippen molar-refractivity contribution >= 4 is 5.91 Å². The van der Waals surface area contributed by atoms with Gasteiger partial charge in [-0.25, -0.2) is 0 Å². The molecule has 0 fully saturated rings. The standard InChI is InChI=1S/C15H24N2O3/c1-11(2)14(16)15(18)17(3)9-10-20-13-7-5-12(19-4)6-8-13/h5-8,11,14H,9-10,16H2,1-4H3/t14-/m0/s1. The Morgan fingerprint density at radius 2 is 1.80 bits per heavy atom. The van der Waals surface area contributed by atoms with Gasteiger partial charge in [0.2, 0.25) is 5.91 Å². The van der Waals surface area contributed by atoms with E-state index in [2.05, 4.69) is 0 Å². The lowest BCUT2D eigenvalue weighted by Crippen LogP contribution is -2.46. The van der Waals surface area contributed by atoms with Gasteiger partial charge in [0.05, 0.1) is 19.7 Å². The van der Waals surface area contributed by atoms with E-state index in [0.717, 1.165) is 11.5 Å². The van der Waals surface area contributed by atoms with Gasteiger partial charge in [0, 0.05) is 7.05 Å². The number of carbonyl (C=O) groups excluding carboxylic acids is 1. The fourth-order valence-corrected chi connectivity index (χ4v) is 1.62. The van der Waals surface area contributed by atoms with Crippen LogP contribution in [0.4, 0.5) is 0 Å². The summed E-state index contributed by atoms with van der Waals surface area (Å²) in [6.45, 7) is 4.80. The number of amides is 1. The fraction of sp³-hybridized carbons (Fsp3) is 0.533. The van der Waals surface area contributed by atoms with Gasteiger partial charge in [-0.2, -0.15) is 0 Å². The zero-order chi connectivity index (χ0) is 15.1. The molecule has 0 aliphatic heterocycles. The van der Waals surface area contributed by atoms with Crippen LogP contribution in [0.25, 0.3) is 0 Å². The monoisotopic (exact) mass is 280 g/mol. The van der Waals surface area contributed by atoms with Gasteiger partial charge in [-0.05, 0) is 30.2 Å². The summed E-state index contributed by atoms with van der Waals surface area (Å²) in [6, 6.07) is 6.87. The Morgan fingerprint density at radius 3 is 2.30 bits per heavy atom. The first kappa shape index (κ1) is 16.3. The molecular weight excluding hydrogens is 256 g/mol. The number of carbonyl (C=O) groups is 1. The van der Waals surface area contributed by atoms with E-state index in [1.807, 2.05) is 38.1 Å². The number of likely N-dealkylation sites (N-methyl/N-ethyl adjacent to an activating group) is 1. The summed E-state index contributed by atoms with van der Waals surface area (Å²) in [6.07, 6.45) is 0. The molecule has 2 N–H and O–H groups in total. The van der Waals surface area contributed by atoms with Crippen LogP contribution in [0.2, 0.25) is 0 Å². The number of rotatable bonds is 7. The summed E-state index contributed by atoms with van der Waals surface area (Å²) >= 11 is 0. The Kier molecular flexibility index (Phi) is 6.31. The SMILES string of the molecule is COc1ccc(OCCN(C)C(=O)[C@@H](N)C(C)C)cc1. The van der Waals surface area contributed by atoms with Crippen LogP contribution in [0.1, 0.15) is 13.8 Å². The second-order valence-electron chi connectivity index (χ2n) is 5.05. The molecule has 5 heteroatoms. The van der Waals surface area contributed by atoms with Gasteiger partial charge in [-0.3, -0.25) is 4.79 Å². The molecule has 0 bridgehead atoms. The predicted octanol–water partition coefficient (Wildman–Crippen LogP) is 1.52. The zero-order valence-corrected chi connectivity index (χ0v) is 12.6. The van der Waals surface area contributed by atoms with Crippen LogP contribution in [0, 0.1) is 5.92 Å². The molecule has 0 heterocycles. The zero-order valence-electron chi connectivity index (χ0n) is 12.6. The molecule has 20 heavy (non-hydrogen) atoms. The van der Waals surface area contributed by atoms with Gasteiger partial charge < -0.3 is 20.1 Å². The third-order valence-corrected chi connectivity index (χ3v) is 3.13. The van der Waals surface area contributed by atoms with E-state index >= 15 is 0 Å². The van der Waals surface area contributed by atoms with Crippen LogP contribution in [0.5, 0.6) is 11.5 Å². The molecule has 0 aliphatic rings. The molecule has 1 amide bonds. The van der Waals surface area contributed by atoms with Crippen LogP contribution in [0.3, 0.4) is 0 Å². The van der Waals surface area contributed by atoms with Crippen LogP contribution in [0.15, 0.2) is 24.3 Å². The van der Waals surface area contributed by atoms with E-state index in [4.69, 9.17) is 15.2 Å². The second kappa shape index (κ2) is 7.75. The summed E-state index contributed by atoms with van der Waals surface area (Å²) in [5.74, 6) is 1.61. The number of methoxy groups -OCH3 is 1. The maximum Gasteiger partial charge on any atom is 0.239 e. The number of nitrogens with zero attached hydrogens (tertiary/aromatic N) is 1. The molecule has 112 valence electrons. The lowest BCUT2D eigenvalue weighted by molar-refractivity contribution is -0.132. The van der Waals surface area contributed by atoms with E-state index < -0.39 is 6.04 Å². The van der Waals surface area contributed by atoms with Crippen molar-refractivity contribution in [3.8, 4) is 11.5 Å². The number of hydrogen-bond acceptors (Lipinski definition) is 4. The number of nitrogens with two attached hydrogens (primary N) is 1. The molecule has 1 rings (SSSR count). The summed E-state index contributed by atoms with van der Waals surface area (Å²) in [5.41, 5.74) is 5.83. The van der Waals surface area contributed by atoms with Gasteiger partial charge >= 0.3 is 0 Å². The molecule has 1 aromatic rings. The van der Waals surface area contributed by atoms with Gasteiger partial charge in [-0.15, -0.1) is 0 Å². The highest BCUT2D eigenvalue weighted by molar-refractivity contribution is 5.81. The Bertz CT molecular complexity index is 418. The number of benzene rings is 1. The van der Waals surface area contributed by atoms with Crippen LogP contribution < -0.4 is 15.2 Å². The minimum absolute atomic E-state index is 0.0571. The maximum atomic E-state index is 11.9. The van der Waals surface area contributed by atoms with Crippen LogP contribution in [-0.4, -0.2) is 44.2 Å². The van der Waals surface area contributed by atoms with Gasteiger partial charge in [0.25, 0.3) is 0 Å². The lowest BCUT2D eigenvalue weighted by atomic mass is 10.0. The topological polar surface area (TPSA) is 64.8 Å². The third-order valence-electron chi connectivity index (χ3n) is 3.13. The Labute approximate surface area is 120 Å². The van der Waals surface area contributed by atoms with Crippen molar-refractivity contribution in [3.05, 3.63) is 24.3 Å². The summed E-state index contributed by atoms with van der Waals surface area (Å²) in [4.78, 5) is 13.5. The van der Waals surface area contributed by atoms with E-state index in [0.29, 0.717) is 13.2 Å². The van der Waals surface area contributed by atoms with E-state index in [1.165, 1.54) is 0 Å². The molecule has 0 saturated heterocycles. The molecule has 1 atom stereocenters. The van der Waals surface area contributed by atoms with E-state index in [9.17, 15) is 4.79 Å². The summed E-state index contributed by atoms with van der Waals surface area (Å²) in [5, 5.41) is 0. The molecule has 1 aromatic carbocycles. The first-order chi connectivity index (χ1) is 9.45. The largest absolute Gasteiger partial charge is 0.497 e. The first-order valence-electron chi connectivity index (χ1n) is 6.73. The quantitative estimate of drug-likeness (QED) is 0.822. The summed E-state index contributed by atoms with van der Waals surface area (Å²) in [7, 11) is 3.36. The minimum atomic E-state index is -0.457. The van der Waals surface area contributed by atoms with Crippen molar-refractivity contribution in [2.75, 3.05) is 27.3 Å². The second-order valence-corrected chi connectivity index (χ2v) is 5.05. The highest BCUT2D eigenvalue weighted by atomic mass is 16.5. The van der Waals surface area contributed by atoms with Crippen molar-refractivity contribution in [3.63, 3.8) is 0 Å². The molecule has 0 aromatic heterocycles. The molecule has 0 radical (unpaired) electrons. The van der Waals surface area contributed by atoms with Crippen molar-refractivity contribution in [2.24, 2.45) is 11.7 Å². The highest BCUT2D eigenvalue weighted by Crippen LogP contribution is 2.16. The fourth-order valence-electron chi connectivity index (χ4n) is 1.62. The van der Waals surface area contributed by atoms with Gasteiger partial charge in [0.1, 0.15) is 18.1 Å². The smallest absolute Gasteiger partial charge is 0.239 e. The third kappa shape index (κ3) is 4.74. The van der Waals surface area contributed by atoms with E-state index in [-0.39, 0.29) is 11.8 Å². The Balaban J connectivity index is 2.37. The van der Waals surface area contributed by atoms with Crippen LogP contribution in [-0.2, 0) is 4.79 Å². The first-order valence-corrected chi connectivity index (χ1v) is 6.73. The molecule has 0 spiro atoms. The number of ether oxygens (including phenoxy) is 2. The average Bonchev–Trinajstić information content (AvgIpc) is 2.46. The van der Waals surface area contributed by atoms with Gasteiger partial charge in [0.15, 0.2) is 0 Å². The Morgan fingerprint density at radius 1 is 1.25 bits per heavy atom. The minimum Gasteiger partial charge on any atom is -0.497 e. The average molecular weight is 280 g/mol. The van der Waals surface area contributed by atoms with Crippen molar-refractivity contribution < 1.29 is 14.3 Å². The number of hydrogen-bond donors (Lipinski definition) is 1. The highest BCUT2D eigenvalue weighted by Gasteiger charge is 2.20. The molecule has 0 aliphatic carbocycles.